The molecule has 1 aromatic heterocycles. The normalized spacial score (nSPS) is 18.3. The smallest absolute Gasteiger partial charge is 0.220 e. The van der Waals surface area contributed by atoms with Crippen LogP contribution in [0.4, 0.5) is 0 Å². The van der Waals surface area contributed by atoms with Crippen molar-refractivity contribution in [2.24, 2.45) is 5.92 Å². The van der Waals surface area contributed by atoms with Gasteiger partial charge >= 0.3 is 0 Å². The maximum Gasteiger partial charge on any atom is 0.220 e. The second-order valence-corrected chi connectivity index (χ2v) is 14.4. The molecular formula is C41H46N6O6S. The fraction of sp³-hybridized carbons (Fsp3) is 0.341. The Bertz CT molecular complexity index is 1990. The molecule has 2 amide bonds. The predicted octanol–water partition coefficient (Wildman–Crippen LogP) is 6.42. The highest BCUT2D eigenvalue weighted by Gasteiger charge is 2.38. The molecule has 4 N–H and O–H groups in total. The van der Waals surface area contributed by atoms with Crippen molar-refractivity contribution < 1.29 is 29.3 Å². The molecular weight excluding hydrogens is 705 g/mol. The second-order valence-electron chi connectivity index (χ2n) is 13.4. The molecule has 0 saturated carbocycles. The molecule has 1 aliphatic heterocycles. The Labute approximate surface area is 319 Å². The molecule has 2 heterocycles. The molecule has 282 valence electrons. The molecule has 6 rings (SSSR count). The minimum atomic E-state index is -0.664. The summed E-state index contributed by atoms with van der Waals surface area (Å²) in [4.78, 5) is 23.5. The van der Waals surface area contributed by atoms with Crippen LogP contribution in [0.1, 0.15) is 74.2 Å². The number of ether oxygens (including phenoxy) is 2. The van der Waals surface area contributed by atoms with E-state index in [9.17, 15) is 19.8 Å². The molecule has 4 aromatic carbocycles. The summed E-state index contributed by atoms with van der Waals surface area (Å²) in [6.07, 6.45) is 1.76. The number of phenols is 1. The maximum absolute atomic E-state index is 12.5. The van der Waals surface area contributed by atoms with Gasteiger partial charge in [0.25, 0.3) is 0 Å². The van der Waals surface area contributed by atoms with E-state index in [-0.39, 0.29) is 42.3 Å². The molecule has 0 radical (unpaired) electrons. The van der Waals surface area contributed by atoms with Gasteiger partial charge in [0.1, 0.15) is 5.75 Å². The lowest BCUT2D eigenvalue weighted by Gasteiger charge is -2.41. The van der Waals surface area contributed by atoms with Crippen LogP contribution in [-0.4, -0.2) is 60.6 Å². The van der Waals surface area contributed by atoms with Crippen LogP contribution in [0.5, 0.6) is 5.75 Å². The number of amides is 2. The quantitative estimate of drug-likeness (QED) is 0.0654. The van der Waals surface area contributed by atoms with Gasteiger partial charge in [-0.2, -0.15) is 4.68 Å². The molecule has 0 bridgehead atoms. The van der Waals surface area contributed by atoms with Gasteiger partial charge in [-0.25, -0.2) is 0 Å². The minimum Gasteiger partial charge on any atom is -0.508 e. The summed E-state index contributed by atoms with van der Waals surface area (Å²) in [6, 6.07) is 30.8. The number of aromatic nitrogens is 4. The van der Waals surface area contributed by atoms with Crippen LogP contribution in [0, 0.1) is 5.92 Å². The number of nitrogens with one attached hydrogen (secondary N) is 2. The highest BCUT2D eigenvalue weighted by atomic mass is 32.2. The van der Waals surface area contributed by atoms with Crippen molar-refractivity contribution >= 4 is 23.6 Å². The van der Waals surface area contributed by atoms with Gasteiger partial charge in [-0.15, -0.1) is 5.10 Å². The van der Waals surface area contributed by atoms with E-state index < -0.39 is 6.29 Å². The van der Waals surface area contributed by atoms with Crippen molar-refractivity contribution in [2.45, 2.75) is 76.3 Å². The van der Waals surface area contributed by atoms with E-state index in [1.165, 1.54) is 18.7 Å². The van der Waals surface area contributed by atoms with Gasteiger partial charge in [-0.05, 0) is 87.5 Å². The molecule has 54 heavy (non-hydrogen) atoms. The fourth-order valence-electron chi connectivity index (χ4n) is 6.36. The van der Waals surface area contributed by atoms with E-state index in [1.807, 2.05) is 54.6 Å². The maximum atomic E-state index is 12.5. The van der Waals surface area contributed by atoms with Crippen LogP contribution in [-0.2, 0) is 32.2 Å². The summed E-state index contributed by atoms with van der Waals surface area (Å²) in [5, 5.41) is 38.1. The lowest BCUT2D eigenvalue weighted by atomic mass is 9.91. The molecule has 1 aliphatic rings. The molecule has 4 unspecified atom stereocenters. The van der Waals surface area contributed by atoms with Crippen molar-refractivity contribution in [2.75, 3.05) is 12.3 Å². The van der Waals surface area contributed by atoms with Gasteiger partial charge in [-0.1, -0.05) is 85.8 Å². The van der Waals surface area contributed by atoms with Crippen molar-refractivity contribution in [3.63, 3.8) is 0 Å². The van der Waals surface area contributed by atoms with Gasteiger partial charge in [-0.3, -0.25) is 9.59 Å². The molecule has 13 heteroatoms. The first-order valence-corrected chi connectivity index (χ1v) is 19.2. The minimum absolute atomic E-state index is 0.00729. The SMILES string of the molecule is CC(=O)NCCCCCC(=O)NCc1cccc(-c2cccc(C3OC(CSc4nnnn4-c4ccc(O)cc4)C(C)C(c4ccc(CO)cc4)O3)c2)c1. The van der Waals surface area contributed by atoms with Crippen LogP contribution in [0.2, 0.25) is 0 Å². The Kier molecular flexibility index (Phi) is 13.4. The number of aromatic hydroxyl groups is 1. The Morgan fingerprint density at radius 2 is 1.61 bits per heavy atom. The van der Waals surface area contributed by atoms with Crippen molar-refractivity contribution in [1.82, 2.24) is 30.8 Å². The number of nitrogens with zero attached hydrogens (tertiary/aromatic N) is 4. The van der Waals surface area contributed by atoms with Crippen molar-refractivity contribution in [3.05, 3.63) is 119 Å². The summed E-state index contributed by atoms with van der Waals surface area (Å²) in [5.74, 6) is 0.647. The number of aliphatic hydroxyl groups is 1. The third-order valence-corrected chi connectivity index (χ3v) is 10.4. The van der Waals surface area contributed by atoms with Crippen LogP contribution >= 0.6 is 11.8 Å². The number of benzene rings is 4. The number of carbonyl (C=O) groups excluding carboxylic acids is 2. The van der Waals surface area contributed by atoms with Crippen LogP contribution in [0.25, 0.3) is 16.8 Å². The van der Waals surface area contributed by atoms with Gasteiger partial charge < -0.3 is 30.3 Å². The summed E-state index contributed by atoms with van der Waals surface area (Å²) >= 11 is 1.49. The molecule has 1 saturated heterocycles. The number of thioether (sulfide) groups is 1. The van der Waals surface area contributed by atoms with Crippen LogP contribution < -0.4 is 10.6 Å². The highest BCUT2D eigenvalue weighted by molar-refractivity contribution is 7.99. The Balaban J connectivity index is 1.15. The van der Waals surface area contributed by atoms with Crippen LogP contribution in [0.3, 0.4) is 0 Å². The zero-order valence-electron chi connectivity index (χ0n) is 30.4. The van der Waals surface area contributed by atoms with E-state index in [0.717, 1.165) is 58.3 Å². The molecule has 0 spiro atoms. The first-order chi connectivity index (χ1) is 26.3. The summed E-state index contributed by atoms with van der Waals surface area (Å²) in [7, 11) is 0. The number of rotatable bonds is 16. The molecule has 0 aliphatic carbocycles. The number of unbranched alkanes of at least 4 members (excludes halogenated alkanes) is 2. The number of hydrogen-bond acceptors (Lipinski definition) is 10. The van der Waals surface area contributed by atoms with Gasteiger partial charge in [0, 0.05) is 43.7 Å². The Morgan fingerprint density at radius 1 is 0.852 bits per heavy atom. The molecule has 5 aromatic rings. The number of carbonyl (C=O) groups is 2. The average molecular weight is 751 g/mol. The van der Waals surface area contributed by atoms with Gasteiger partial charge in [0.2, 0.25) is 17.0 Å². The number of aliphatic hydroxyl groups excluding tert-OH is 1. The Hall–Kier alpha value is -5.08. The largest absolute Gasteiger partial charge is 0.508 e. The number of tetrazole rings is 1. The monoisotopic (exact) mass is 750 g/mol. The fourth-order valence-corrected chi connectivity index (χ4v) is 7.41. The van der Waals surface area contributed by atoms with E-state index in [1.54, 1.807) is 28.9 Å². The third kappa shape index (κ3) is 10.3. The first kappa shape index (κ1) is 38.6. The number of phenolic OH excluding ortho intramolecular Hbond substituents is 1. The van der Waals surface area contributed by atoms with Gasteiger partial charge in [0.15, 0.2) is 6.29 Å². The molecule has 1 fully saturated rings. The molecule has 4 atom stereocenters. The molecule has 12 nitrogen and oxygen atoms in total. The predicted molar refractivity (Wildman–Crippen MR) is 205 cm³/mol. The number of hydrogen-bond donors (Lipinski definition) is 4. The summed E-state index contributed by atoms with van der Waals surface area (Å²) < 4.78 is 15.1. The van der Waals surface area contributed by atoms with E-state index >= 15 is 0 Å². The van der Waals surface area contributed by atoms with Crippen molar-refractivity contribution in [1.29, 1.82) is 0 Å². The van der Waals surface area contributed by atoms with Gasteiger partial charge in [0.05, 0.1) is 24.5 Å². The zero-order valence-corrected chi connectivity index (χ0v) is 31.2. The van der Waals surface area contributed by atoms with E-state index in [2.05, 4.69) is 51.3 Å². The van der Waals surface area contributed by atoms with E-state index in [0.29, 0.717) is 30.4 Å². The standard InChI is InChI=1S/C41H46N6O6S/c1-27-37(26-54-41-44-45-46-47(41)35-17-19-36(50)20-18-35)52-40(53-39(27)31-15-13-29(25-48)14-16-31)34-11-7-10-33(23-34)32-9-6-8-30(22-32)24-43-38(51)12-4-3-5-21-42-28(2)49/h6-11,13-20,22-23,27,37,39-40,48,50H,3-5,12,21,24-26H2,1-2H3,(H,42,49)(H,43,51). The zero-order chi connectivity index (χ0) is 37.9. The van der Waals surface area contributed by atoms with E-state index in [4.69, 9.17) is 9.47 Å². The summed E-state index contributed by atoms with van der Waals surface area (Å²) in [6.45, 7) is 4.64. The lowest BCUT2D eigenvalue weighted by molar-refractivity contribution is -0.268. The topological polar surface area (TPSA) is 161 Å². The highest BCUT2D eigenvalue weighted by Crippen LogP contribution is 2.43. The summed E-state index contributed by atoms with van der Waals surface area (Å²) in [5.41, 5.74) is 6.42. The second kappa shape index (κ2) is 18.8. The van der Waals surface area contributed by atoms with Crippen LogP contribution in [0.15, 0.2) is 102 Å². The Morgan fingerprint density at radius 3 is 2.37 bits per heavy atom. The average Bonchev–Trinajstić information content (AvgIpc) is 3.67. The lowest BCUT2D eigenvalue weighted by Crippen LogP contribution is -2.38. The van der Waals surface area contributed by atoms with Crippen molar-refractivity contribution in [3.8, 4) is 22.6 Å². The third-order valence-electron chi connectivity index (χ3n) is 9.40. The first-order valence-electron chi connectivity index (χ1n) is 18.2.